The fraction of sp³-hybridized carbons (Fsp3) is 0.562. The highest BCUT2D eigenvalue weighted by Gasteiger charge is 2.47. The number of pyridine rings is 1. The van der Waals surface area contributed by atoms with E-state index in [1.165, 1.54) is 63.9 Å². The predicted octanol–water partition coefficient (Wildman–Crippen LogP) is 4.84. The second kappa shape index (κ2) is 10.3. The summed E-state index contributed by atoms with van der Waals surface area (Å²) >= 11 is 0. The molecule has 2 saturated heterocycles. The average molecular weight is 543 g/mol. The number of benzene rings is 1. The Hall–Kier alpha value is -3.26. The average Bonchev–Trinajstić information content (AvgIpc) is 3.09. The van der Waals surface area contributed by atoms with Crippen molar-refractivity contribution in [2.45, 2.75) is 101 Å². The lowest BCUT2D eigenvalue weighted by Gasteiger charge is -2.48. The molecule has 4 atom stereocenters. The first kappa shape index (κ1) is 25.7. The van der Waals surface area contributed by atoms with Crippen molar-refractivity contribution in [1.82, 2.24) is 19.0 Å². The van der Waals surface area contributed by atoms with Crippen LogP contribution in [0.25, 0.3) is 22.4 Å². The number of aromatic nitrogens is 3. The van der Waals surface area contributed by atoms with Gasteiger partial charge in [-0.1, -0.05) is 43.9 Å². The van der Waals surface area contributed by atoms with Crippen LogP contribution in [0.1, 0.15) is 76.7 Å². The van der Waals surface area contributed by atoms with E-state index in [2.05, 4.69) is 4.90 Å². The number of aliphatic carboxylic acids is 1. The number of para-hydroxylation sites is 2. The van der Waals surface area contributed by atoms with Crippen LogP contribution in [0.15, 0.2) is 52.1 Å². The SMILES string of the molecule is O=C(O)Cn1c(-c2nc3ccccc3n(C3CC4CCC(C3)N4C3CC4CCCCC(C4)C3)c2=O)cccc1=O. The van der Waals surface area contributed by atoms with Crippen molar-refractivity contribution in [1.29, 1.82) is 0 Å². The second-order valence-electron chi connectivity index (χ2n) is 12.7. The van der Waals surface area contributed by atoms with Gasteiger partial charge in [-0.25, -0.2) is 4.98 Å². The molecule has 1 aromatic carbocycles. The standard InChI is InChI=1S/C32H38N4O4/c37-29-11-5-10-28(34(29)19-30(38)39)31-32(40)36(27-9-4-3-8-26(27)33-31)25-17-22-12-13-23(18-25)35(22)24-15-20-6-1-2-7-21(14-20)16-24/h3-5,8-11,20-25H,1-2,6-7,12-19H2,(H,38,39). The fourth-order valence-electron chi connectivity index (χ4n) is 8.81. The van der Waals surface area contributed by atoms with Gasteiger partial charge in [-0.2, -0.15) is 0 Å². The van der Waals surface area contributed by atoms with Crippen molar-refractivity contribution in [3.8, 4) is 11.4 Å². The van der Waals surface area contributed by atoms with Crippen LogP contribution in [-0.2, 0) is 11.3 Å². The summed E-state index contributed by atoms with van der Waals surface area (Å²) in [7, 11) is 0. The summed E-state index contributed by atoms with van der Waals surface area (Å²) in [6.45, 7) is -0.519. The number of fused-ring (bicyclic) bond motifs is 5. The Balaban J connectivity index is 1.26. The van der Waals surface area contributed by atoms with Crippen LogP contribution in [0.2, 0.25) is 0 Å². The molecule has 8 heteroatoms. The number of hydrogen-bond acceptors (Lipinski definition) is 5. The molecule has 4 unspecified atom stereocenters. The number of piperidine rings is 1. The third-order valence-corrected chi connectivity index (χ3v) is 10.3. The number of carboxylic acid groups (broad SMARTS) is 1. The van der Waals surface area contributed by atoms with E-state index in [1.807, 2.05) is 28.8 Å². The van der Waals surface area contributed by atoms with Crippen LogP contribution in [-0.4, -0.2) is 48.2 Å². The van der Waals surface area contributed by atoms with Crippen LogP contribution < -0.4 is 11.1 Å². The van der Waals surface area contributed by atoms with Gasteiger partial charge in [-0.15, -0.1) is 0 Å². The van der Waals surface area contributed by atoms with Gasteiger partial charge in [-0.05, 0) is 75.0 Å². The Morgan fingerprint density at radius 2 is 1.50 bits per heavy atom. The van der Waals surface area contributed by atoms with Crippen LogP contribution >= 0.6 is 0 Å². The van der Waals surface area contributed by atoms with E-state index in [9.17, 15) is 19.5 Å². The van der Waals surface area contributed by atoms with E-state index < -0.39 is 18.1 Å². The summed E-state index contributed by atoms with van der Waals surface area (Å²) in [6, 6.07) is 13.9. The Morgan fingerprint density at radius 3 is 2.20 bits per heavy atom. The maximum Gasteiger partial charge on any atom is 0.323 e. The highest BCUT2D eigenvalue weighted by Crippen LogP contribution is 2.48. The second-order valence-corrected chi connectivity index (χ2v) is 12.7. The zero-order chi connectivity index (χ0) is 27.4. The highest BCUT2D eigenvalue weighted by molar-refractivity contribution is 5.78. The quantitative estimate of drug-likeness (QED) is 0.496. The van der Waals surface area contributed by atoms with Crippen molar-refractivity contribution in [2.24, 2.45) is 11.8 Å². The number of rotatable bonds is 5. The summed E-state index contributed by atoms with van der Waals surface area (Å²) in [5.41, 5.74) is 1.18. The zero-order valence-corrected chi connectivity index (χ0v) is 23.0. The third kappa shape index (κ3) is 4.50. The molecule has 1 N–H and O–H groups in total. The molecule has 0 amide bonds. The molecule has 4 bridgehead atoms. The minimum absolute atomic E-state index is 0.0436. The van der Waals surface area contributed by atoms with Gasteiger partial charge in [0, 0.05) is 30.2 Å². The van der Waals surface area contributed by atoms with Crippen molar-refractivity contribution in [3.05, 3.63) is 63.2 Å². The molecule has 4 aliphatic rings. The van der Waals surface area contributed by atoms with E-state index in [4.69, 9.17) is 4.98 Å². The topological polar surface area (TPSA) is 97.4 Å². The van der Waals surface area contributed by atoms with Gasteiger partial charge < -0.3 is 9.67 Å². The molecule has 0 radical (unpaired) electrons. The third-order valence-electron chi connectivity index (χ3n) is 10.3. The maximum absolute atomic E-state index is 14.2. The minimum atomic E-state index is -1.14. The molecule has 40 heavy (non-hydrogen) atoms. The van der Waals surface area contributed by atoms with Gasteiger partial charge in [-0.3, -0.25) is 23.9 Å². The molecule has 7 rings (SSSR count). The molecular formula is C32H38N4O4. The van der Waals surface area contributed by atoms with E-state index in [0.29, 0.717) is 23.6 Å². The summed E-state index contributed by atoms with van der Waals surface area (Å²) in [6.07, 6.45) is 13.9. The lowest BCUT2D eigenvalue weighted by atomic mass is 9.76. The van der Waals surface area contributed by atoms with Gasteiger partial charge >= 0.3 is 5.97 Å². The number of nitrogens with zero attached hydrogens (tertiary/aromatic N) is 4. The molecule has 2 saturated carbocycles. The minimum Gasteiger partial charge on any atom is -0.480 e. The van der Waals surface area contributed by atoms with Crippen molar-refractivity contribution < 1.29 is 9.90 Å². The van der Waals surface area contributed by atoms with Crippen molar-refractivity contribution in [2.75, 3.05) is 0 Å². The largest absolute Gasteiger partial charge is 0.480 e. The molecule has 4 heterocycles. The summed E-state index contributed by atoms with van der Waals surface area (Å²) in [5, 5.41) is 9.46. The number of hydrogen-bond donors (Lipinski definition) is 1. The Kier molecular flexibility index (Phi) is 6.61. The number of carboxylic acids is 1. The Morgan fingerprint density at radius 1 is 0.800 bits per heavy atom. The monoisotopic (exact) mass is 542 g/mol. The van der Waals surface area contributed by atoms with Gasteiger partial charge in [0.05, 0.1) is 16.7 Å². The lowest BCUT2D eigenvalue weighted by Crippen LogP contribution is -2.52. The van der Waals surface area contributed by atoms with Gasteiger partial charge in [0.1, 0.15) is 6.54 Å². The van der Waals surface area contributed by atoms with Crippen LogP contribution in [0.3, 0.4) is 0 Å². The van der Waals surface area contributed by atoms with Gasteiger partial charge in [0.25, 0.3) is 11.1 Å². The van der Waals surface area contributed by atoms with E-state index in [0.717, 1.165) is 34.8 Å². The van der Waals surface area contributed by atoms with Crippen LogP contribution in [0.4, 0.5) is 0 Å². The van der Waals surface area contributed by atoms with E-state index in [1.54, 1.807) is 12.1 Å². The molecule has 8 nitrogen and oxygen atoms in total. The predicted molar refractivity (Wildman–Crippen MR) is 153 cm³/mol. The van der Waals surface area contributed by atoms with E-state index in [-0.39, 0.29) is 23.0 Å². The molecule has 2 aromatic heterocycles. The zero-order valence-electron chi connectivity index (χ0n) is 23.0. The molecule has 3 aromatic rings. The molecule has 4 fully saturated rings. The van der Waals surface area contributed by atoms with E-state index >= 15 is 0 Å². The first-order valence-electron chi connectivity index (χ1n) is 15.2. The molecule has 210 valence electrons. The van der Waals surface area contributed by atoms with Gasteiger partial charge in [0.15, 0.2) is 5.69 Å². The Bertz CT molecular complexity index is 1530. The van der Waals surface area contributed by atoms with Crippen molar-refractivity contribution in [3.63, 3.8) is 0 Å². The number of carbonyl (C=O) groups is 1. The normalized spacial score (nSPS) is 30.3. The van der Waals surface area contributed by atoms with Crippen LogP contribution in [0.5, 0.6) is 0 Å². The Labute approximate surface area is 233 Å². The molecule has 2 aliphatic heterocycles. The molecular weight excluding hydrogens is 504 g/mol. The lowest BCUT2D eigenvalue weighted by molar-refractivity contribution is -0.137. The van der Waals surface area contributed by atoms with Crippen molar-refractivity contribution >= 4 is 17.0 Å². The maximum atomic E-state index is 14.2. The molecule has 0 spiro atoms. The summed E-state index contributed by atoms with van der Waals surface area (Å²) in [4.78, 5) is 46.0. The van der Waals surface area contributed by atoms with Crippen LogP contribution in [0, 0.1) is 11.8 Å². The summed E-state index contributed by atoms with van der Waals surface area (Å²) in [5.74, 6) is 0.626. The highest BCUT2D eigenvalue weighted by atomic mass is 16.4. The first-order chi connectivity index (χ1) is 19.5. The smallest absolute Gasteiger partial charge is 0.323 e. The van der Waals surface area contributed by atoms with Gasteiger partial charge in [0.2, 0.25) is 0 Å². The first-order valence-corrected chi connectivity index (χ1v) is 15.2. The fourth-order valence-corrected chi connectivity index (χ4v) is 8.81. The molecule has 2 aliphatic carbocycles. The summed E-state index contributed by atoms with van der Waals surface area (Å²) < 4.78 is 3.06.